The second kappa shape index (κ2) is 13.3. The Hall–Kier alpha value is -5.15. The number of primary sulfonamides is 1. The summed E-state index contributed by atoms with van der Waals surface area (Å²) >= 11 is 0. The lowest BCUT2D eigenvalue weighted by atomic mass is 10.1. The number of hydrogen-bond acceptors (Lipinski definition) is 9. The molecule has 2 aromatic heterocycles. The number of nitrogens with two attached hydrogens (primary N) is 1. The highest BCUT2D eigenvalue weighted by Gasteiger charge is 2.17. The van der Waals surface area contributed by atoms with Gasteiger partial charge >= 0.3 is 6.03 Å². The van der Waals surface area contributed by atoms with Crippen molar-refractivity contribution in [3.05, 3.63) is 102 Å². The van der Waals surface area contributed by atoms with E-state index in [-0.39, 0.29) is 10.8 Å². The minimum absolute atomic E-state index is 0.0480. The van der Waals surface area contributed by atoms with Crippen LogP contribution in [0.4, 0.5) is 27.7 Å². The van der Waals surface area contributed by atoms with Gasteiger partial charge in [0.2, 0.25) is 10.0 Å². The smallest absolute Gasteiger partial charge is 0.331 e. The molecule has 13 nitrogen and oxygen atoms in total. The molecule has 0 saturated carbocycles. The van der Waals surface area contributed by atoms with Crippen molar-refractivity contribution in [2.75, 3.05) is 49.2 Å². The fourth-order valence-electron chi connectivity index (χ4n) is 5.34. The number of hydrogen-bond donors (Lipinski definition) is 4. The lowest BCUT2D eigenvalue weighted by Crippen LogP contribution is -2.43. The molecule has 1 saturated heterocycles. The Morgan fingerprint density at radius 1 is 0.894 bits per heavy atom. The monoisotopic (exact) mass is 653 g/mol. The van der Waals surface area contributed by atoms with E-state index in [0.717, 1.165) is 43.9 Å². The molecule has 5 aromatic rings. The number of sulfonamides is 1. The van der Waals surface area contributed by atoms with Gasteiger partial charge in [-0.2, -0.15) is 0 Å². The number of rotatable bonds is 8. The second-order valence-corrected chi connectivity index (χ2v) is 13.1. The molecule has 0 aliphatic carbocycles. The van der Waals surface area contributed by atoms with E-state index in [4.69, 9.17) is 5.14 Å². The molecular weight excluding hydrogens is 618 g/mol. The van der Waals surface area contributed by atoms with Gasteiger partial charge in [-0.25, -0.2) is 28.3 Å². The summed E-state index contributed by atoms with van der Waals surface area (Å²) in [4.78, 5) is 39.7. The van der Waals surface area contributed by atoms with Crippen LogP contribution < -0.4 is 21.1 Å². The van der Waals surface area contributed by atoms with Crippen LogP contribution in [0.15, 0.2) is 90.2 Å². The molecule has 1 aliphatic rings. The maximum absolute atomic E-state index is 13.4. The molecule has 1 aliphatic heterocycles. The minimum atomic E-state index is -3.89. The number of likely N-dealkylation sites (N-methyl/N-ethyl adjacent to an activating group) is 1. The quantitative estimate of drug-likeness (QED) is 0.192. The number of nitrogens with zero attached hydrogens (tertiary/aromatic N) is 5. The predicted molar refractivity (Wildman–Crippen MR) is 181 cm³/mol. The third kappa shape index (κ3) is 7.47. The van der Waals surface area contributed by atoms with E-state index in [9.17, 15) is 18.0 Å². The molecule has 242 valence electrons. The number of nitrogens with one attached hydrogen (secondary N) is 3. The van der Waals surface area contributed by atoms with Crippen LogP contribution in [0.3, 0.4) is 0 Å². The Kier molecular flexibility index (Phi) is 9.00. The lowest BCUT2D eigenvalue weighted by Gasteiger charge is -2.32. The maximum atomic E-state index is 13.4. The van der Waals surface area contributed by atoms with Crippen LogP contribution in [0.5, 0.6) is 0 Å². The largest absolute Gasteiger partial charge is 0.340 e. The van der Waals surface area contributed by atoms with Crippen LogP contribution in [0, 0.1) is 6.92 Å². The standard InChI is InChI=1S/C33H35N9O4S/c1-22-6-11-26(38-32(43)24-9-7-23(8-10-24)20-41-16-14-40(2)15-17-41)19-29(22)39-33(44)42-13-12-28-30(35-21-36-31(28)42)37-25-4-3-5-27(18-25)47(34,45)46/h3-13,18-19,21H,14-17,20H2,1-2H3,(H,38,43)(H,39,44)(H2,34,45,46)(H,35,36,37). The highest BCUT2D eigenvalue weighted by atomic mass is 32.2. The van der Waals surface area contributed by atoms with E-state index in [1.165, 1.54) is 23.0 Å². The van der Waals surface area contributed by atoms with E-state index < -0.39 is 16.1 Å². The number of aryl methyl sites for hydroxylation is 1. The fraction of sp³-hybridized carbons (Fsp3) is 0.212. The molecular formula is C33H35N9O4S. The van der Waals surface area contributed by atoms with Gasteiger partial charge < -0.3 is 20.9 Å². The zero-order valence-corrected chi connectivity index (χ0v) is 26.8. The van der Waals surface area contributed by atoms with Gasteiger partial charge in [0.15, 0.2) is 5.65 Å². The van der Waals surface area contributed by atoms with Gasteiger partial charge in [0.25, 0.3) is 5.91 Å². The van der Waals surface area contributed by atoms with E-state index in [2.05, 4.69) is 42.8 Å². The lowest BCUT2D eigenvalue weighted by molar-refractivity contribution is 0.102. The van der Waals surface area contributed by atoms with E-state index in [0.29, 0.717) is 39.5 Å². The first kappa shape index (κ1) is 31.8. The third-order valence-corrected chi connectivity index (χ3v) is 8.99. The molecule has 0 spiro atoms. The molecule has 0 atom stereocenters. The summed E-state index contributed by atoms with van der Waals surface area (Å²) in [7, 11) is -1.75. The van der Waals surface area contributed by atoms with Crippen LogP contribution in [-0.2, 0) is 16.6 Å². The molecule has 14 heteroatoms. The minimum Gasteiger partial charge on any atom is -0.340 e. The summed E-state index contributed by atoms with van der Waals surface area (Å²) in [5.74, 6) is 0.126. The Labute approximate surface area is 272 Å². The molecule has 0 unspecified atom stereocenters. The molecule has 6 rings (SSSR count). The summed E-state index contributed by atoms with van der Waals surface area (Å²) in [6, 6.07) is 20.2. The number of benzene rings is 3. The molecule has 47 heavy (non-hydrogen) atoms. The van der Waals surface area contributed by atoms with E-state index in [1.54, 1.807) is 36.5 Å². The van der Waals surface area contributed by atoms with Gasteiger partial charge in [0.1, 0.15) is 12.1 Å². The fourth-order valence-corrected chi connectivity index (χ4v) is 5.90. The SMILES string of the molecule is Cc1ccc(NC(=O)c2ccc(CN3CCN(C)CC3)cc2)cc1NC(=O)n1ccc2c(Nc3cccc(S(N)(=O)=O)c3)ncnc21. The van der Waals surface area contributed by atoms with E-state index >= 15 is 0 Å². The van der Waals surface area contributed by atoms with Crippen molar-refractivity contribution in [1.82, 2.24) is 24.3 Å². The molecule has 3 aromatic carbocycles. The second-order valence-electron chi connectivity index (χ2n) is 11.5. The molecule has 2 amide bonds. The zero-order valence-electron chi connectivity index (χ0n) is 26.0. The predicted octanol–water partition coefficient (Wildman–Crippen LogP) is 4.21. The van der Waals surface area contributed by atoms with Crippen LogP contribution in [0.2, 0.25) is 0 Å². The number of carbonyl (C=O) groups excluding carboxylic acids is 2. The topological polar surface area (TPSA) is 168 Å². The number of carbonyl (C=O) groups is 2. The number of piperazine rings is 1. The molecule has 3 heterocycles. The van der Waals surface area contributed by atoms with Crippen molar-refractivity contribution in [1.29, 1.82) is 0 Å². The van der Waals surface area contributed by atoms with Crippen molar-refractivity contribution in [2.45, 2.75) is 18.4 Å². The van der Waals surface area contributed by atoms with Crippen molar-refractivity contribution in [3.8, 4) is 0 Å². The van der Waals surface area contributed by atoms with Crippen molar-refractivity contribution >= 4 is 55.9 Å². The number of fused-ring (bicyclic) bond motifs is 1. The van der Waals surface area contributed by atoms with Crippen LogP contribution in [0.25, 0.3) is 11.0 Å². The van der Waals surface area contributed by atoms with Gasteiger partial charge in [-0.05, 0) is 73.6 Å². The summed E-state index contributed by atoms with van der Waals surface area (Å²) in [5.41, 5.74) is 4.33. The third-order valence-electron chi connectivity index (χ3n) is 8.08. The first-order valence-corrected chi connectivity index (χ1v) is 16.5. The van der Waals surface area contributed by atoms with Crippen molar-refractivity contribution < 1.29 is 18.0 Å². The van der Waals surface area contributed by atoms with Crippen molar-refractivity contribution in [2.24, 2.45) is 5.14 Å². The zero-order chi connectivity index (χ0) is 33.1. The summed E-state index contributed by atoms with van der Waals surface area (Å²) in [6.07, 6.45) is 2.87. The molecule has 0 bridgehead atoms. The van der Waals surface area contributed by atoms with Crippen LogP contribution in [-0.4, -0.2) is 77.9 Å². The summed E-state index contributed by atoms with van der Waals surface area (Å²) in [6.45, 7) is 6.87. The molecule has 0 radical (unpaired) electrons. The number of aromatic nitrogens is 3. The Morgan fingerprint density at radius 3 is 2.40 bits per heavy atom. The highest BCUT2D eigenvalue weighted by molar-refractivity contribution is 7.89. The van der Waals surface area contributed by atoms with Gasteiger partial charge in [-0.1, -0.05) is 24.3 Å². The van der Waals surface area contributed by atoms with Crippen LogP contribution in [0.1, 0.15) is 21.5 Å². The normalized spacial score (nSPS) is 14.2. The Balaban J connectivity index is 1.13. The number of amides is 2. The highest BCUT2D eigenvalue weighted by Crippen LogP contribution is 2.26. The first-order valence-electron chi connectivity index (χ1n) is 15.0. The van der Waals surface area contributed by atoms with Gasteiger partial charge in [0, 0.05) is 61.5 Å². The summed E-state index contributed by atoms with van der Waals surface area (Å²) < 4.78 is 24.9. The first-order chi connectivity index (χ1) is 22.5. The van der Waals surface area contributed by atoms with Gasteiger partial charge in [-0.15, -0.1) is 0 Å². The van der Waals surface area contributed by atoms with E-state index in [1.807, 2.05) is 37.3 Å². The number of anilines is 4. The summed E-state index contributed by atoms with van der Waals surface area (Å²) in [5, 5.41) is 14.7. The maximum Gasteiger partial charge on any atom is 0.331 e. The average molecular weight is 654 g/mol. The molecule has 1 fully saturated rings. The van der Waals surface area contributed by atoms with Gasteiger partial charge in [0.05, 0.1) is 10.3 Å². The van der Waals surface area contributed by atoms with Crippen LogP contribution >= 0.6 is 0 Å². The Bertz CT molecular complexity index is 2050. The van der Waals surface area contributed by atoms with Gasteiger partial charge in [-0.3, -0.25) is 14.3 Å². The Morgan fingerprint density at radius 2 is 1.66 bits per heavy atom. The van der Waals surface area contributed by atoms with Crippen molar-refractivity contribution in [3.63, 3.8) is 0 Å². The molecule has 5 N–H and O–H groups in total. The average Bonchev–Trinajstić information content (AvgIpc) is 3.49.